The van der Waals surface area contributed by atoms with Crippen LogP contribution in [0.3, 0.4) is 0 Å². The third-order valence-electron chi connectivity index (χ3n) is 2.16. The molecule has 0 saturated carbocycles. The Morgan fingerprint density at radius 3 is 2.53 bits per heavy atom. The molecule has 0 spiro atoms. The van der Waals surface area contributed by atoms with Crippen LogP contribution in [0.15, 0.2) is 36.9 Å². The van der Waals surface area contributed by atoms with E-state index in [1.54, 1.807) is 31.2 Å². The van der Waals surface area contributed by atoms with E-state index in [9.17, 15) is 8.42 Å². The van der Waals surface area contributed by atoms with E-state index in [-0.39, 0.29) is 11.8 Å². The molecule has 4 nitrogen and oxygen atoms in total. The molecule has 1 unspecified atom stereocenters. The molecule has 0 amide bonds. The molecule has 1 rings (SSSR count). The van der Waals surface area contributed by atoms with Gasteiger partial charge in [-0.25, -0.2) is 13.1 Å². The molecular weight excluding hydrogens is 236 g/mol. The van der Waals surface area contributed by atoms with Crippen molar-refractivity contribution < 1.29 is 8.42 Å². The van der Waals surface area contributed by atoms with Crippen LogP contribution in [-0.4, -0.2) is 14.5 Å². The van der Waals surface area contributed by atoms with Gasteiger partial charge in [0.2, 0.25) is 10.0 Å². The maximum Gasteiger partial charge on any atom is 0.216 e. The maximum atomic E-state index is 11.7. The average Bonchev–Trinajstić information content (AvgIpc) is 2.28. The average molecular weight is 250 g/mol. The summed E-state index contributed by atoms with van der Waals surface area (Å²) >= 11 is 0. The van der Waals surface area contributed by atoms with Crippen LogP contribution >= 0.6 is 0 Å². The van der Waals surface area contributed by atoms with Crippen molar-refractivity contribution in [1.82, 2.24) is 4.72 Å². The first-order valence-corrected chi connectivity index (χ1v) is 6.73. The van der Waals surface area contributed by atoms with Gasteiger partial charge in [-0.2, -0.15) is 5.26 Å². The largest absolute Gasteiger partial charge is 0.216 e. The highest BCUT2D eigenvalue weighted by Crippen LogP contribution is 2.07. The minimum Gasteiger partial charge on any atom is -0.212 e. The Morgan fingerprint density at radius 1 is 1.47 bits per heavy atom. The van der Waals surface area contributed by atoms with E-state index >= 15 is 0 Å². The van der Waals surface area contributed by atoms with Crippen LogP contribution in [0.1, 0.15) is 18.1 Å². The predicted molar refractivity (Wildman–Crippen MR) is 66.6 cm³/mol. The van der Waals surface area contributed by atoms with Crippen molar-refractivity contribution in [3.05, 3.63) is 48.0 Å². The standard InChI is InChI=1S/C12H14N2O2S/c1-3-10(2)14-17(15,16)9-12-6-4-11(8-13)5-7-12/h3-7,10,14H,1,9H2,2H3. The van der Waals surface area contributed by atoms with E-state index in [1.807, 2.05) is 6.07 Å². The van der Waals surface area contributed by atoms with Gasteiger partial charge >= 0.3 is 0 Å². The molecule has 0 radical (unpaired) electrons. The minimum atomic E-state index is -3.37. The summed E-state index contributed by atoms with van der Waals surface area (Å²) in [7, 11) is -3.37. The predicted octanol–water partition coefficient (Wildman–Crippen LogP) is 1.55. The number of hydrogen-bond donors (Lipinski definition) is 1. The van der Waals surface area contributed by atoms with Gasteiger partial charge in [0, 0.05) is 6.04 Å². The number of nitrogens with one attached hydrogen (secondary N) is 1. The van der Waals surface area contributed by atoms with Crippen LogP contribution < -0.4 is 4.72 Å². The first kappa shape index (κ1) is 13.4. The second-order valence-electron chi connectivity index (χ2n) is 3.71. The molecule has 0 heterocycles. The second-order valence-corrected chi connectivity index (χ2v) is 5.46. The van der Waals surface area contributed by atoms with Gasteiger partial charge in [0.15, 0.2) is 0 Å². The number of rotatable bonds is 5. The van der Waals surface area contributed by atoms with Crippen molar-refractivity contribution in [3.8, 4) is 6.07 Å². The highest BCUT2D eigenvalue weighted by atomic mass is 32.2. The van der Waals surface area contributed by atoms with Crippen molar-refractivity contribution in [2.45, 2.75) is 18.7 Å². The van der Waals surface area contributed by atoms with Crippen molar-refractivity contribution in [1.29, 1.82) is 5.26 Å². The zero-order valence-corrected chi connectivity index (χ0v) is 10.4. The van der Waals surface area contributed by atoms with Crippen molar-refractivity contribution >= 4 is 10.0 Å². The molecule has 1 aromatic carbocycles. The van der Waals surface area contributed by atoms with E-state index < -0.39 is 10.0 Å². The Balaban J connectivity index is 2.76. The van der Waals surface area contributed by atoms with Crippen LogP contribution in [0.5, 0.6) is 0 Å². The fourth-order valence-electron chi connectivity index (χ4n) is 1.27. The number of sulfonamides is 1. The Kier molecular flexibility index (Phi) is 4.44. The third kappa shape index (κ3) is 4.39. The first-order valence-electron chi connectivity index (χ1n) is 5.08. The van der Waals surface area contributed by atoms with Gasteiger partial charge < -0.3 is 0 Å². The third-order valence-corrected chi connectivity index (χ3v) is 3.60. The molecule has 0 aromatic heterocycles. The SMILES string of the molecule is C=CC(C)NS(=O)(=O)Cc1ccc(C#N)cc1. The number of benzene rings is 1. The fourth-order valence-corrected chi connectivity index (χ4v) is 2.65. The summed E-state index contributed by atoms with van der Waals surface area (Å²) in [5, 5.41) is 8.62. The molecule has 0 bridgehead atoms. The van der Waals surface area contributed by atoms with Crippen LogP contribution in [0.2, 0.25) is 0 Å². The van der Waals surface area contributed by atoms with Crippen molar-refractivity contribution in [2.75, 3.05) is 0 Å². The molecule has 5 heteroatoms. The zero-order valence-electron chi connectivity index (χ0n) is 9.55. The zero-order chi connectivity index (χ0) is 12.9. The van der Waals surface area contributed by atoms with Gasteiger partial charge in [0.25, 0.3) is 0 Å². The van der Waals surface area contributed by atoms with Gasteiger partial charge in [0.05, 0.1) is 17.4 Å². The lowest BCUT2D eigenvalue weighted by molar-refractivity contribution is 0.575. The quantitative estimate of drug-likeness (QED) is 0.806. The highest BCUT2D eigenvalue weighted by molar-refractivity contribution is 7.88. The van der Waals surface area contributed by atoms with Gasteiger partial charge in [0.1, 0.15) is 0 Å². The first-order chi connectivity index (χ1) is 7.96. The summed E-state index contributed by atoms with van der Waals surface area (Å²) in [6.07, 6.45) is 1.52. The van der Waals surface area contributed by atoms with Gasteiger partial charge in [-0.3, -0.25) is 0 Å². The molecule has 1 atom stereocenters. The Labute approximate surface area is 102 Å². The summed E-state index contributed by atoms with van der Waals surface area (Å²) in [5.41, 5.74) is 1.16. The maximum absolute atomic E-state index is 11.7. The fraction of sp³-hybridized carbons (Fsp3) is 0.250. The van der Waals surface area contributed by atoms with E-state index in [0.717, 1.165) is 0 Å². The molecule has 17 heavy (non-hydrogen) atoms. The molecular formula is C12H14N2O2S. The minimum absolute atomic E-state index is 0.100. The van der Waals surface area contributed by atoms with Gasteiger partial charge in [-0.15, -0.1) is 6.58 Å². The Morgan fingerprint density at radius 2 is 2.06 bits per heavy atom. The van der Waals surface area contributed by atoms with E-state index in [2.05, 4.69) is 11.3 Å². The van der Waals surface area contributed by atoms with Crippen LogP contribution in [-0.2, 0) is 15.8 Å². The second kappa shape index (κ2) is 5.62. The monoisotopic (exact) mass is 250 g/mol. The lowest BCUT2D eigenvalue weighted by atomic mass is 10.2. The molecule has 0 aliphatic carbocycles. The van der Waals surface area contributed by atoms with Crippen molar-refractivity contribution in [2.24, 2.45) is 0 Å². The van der Waals surface area contributed by atoms with Gasteiger partial charge in [-0.05, 0) is 24.6 Å². The molecule has 0 fully saturated rings. The molecule has 0 aliphatic heterocycles. The lowest BCUT2D eigenvalue weighted by Gasteiger charge is -2.10. The van der Waals surface area contributed by atoms with Crippen LogP contribution in [0.25, 0.3) is 0 Å². The normalized spacial score (nSPS) is 12.7. The summed E-state index contributed by atoms with van der Waals surface area (Å²) in [6.45, 7) is 5.22. The van der Waals surface area contributed by atoms with E-state index in [4.69, 9.17) is 5.26 Å². The lowest BCUT2D eigenvalue weighted by Crippen LogP contribution is -2.31. The molecule has 0 saturated heterocycles. The van der Waals surface area contributed by atoms with E-state index in [1.165, 1.54) is 6.08 Å². The molecule has 90 valence electrons. The number of nitrogens with zero attached hydrogens (tertiary/aromatic N) is 1. The summed E-state index contributed by atoms with van der Waals surface area (Å²) < 4.78 is 25.9. The summed E-state index contributed by atoms with van der Waals surface area (Å²) in [6, 6.07) is 8.16. The number of hydrogen-bond acceptors (Lipinski definition) is 3. The van der Waals surface area contributed by atoms with Gasteiger partial charge in [-0.1, -0.05) is 18.2 Å². The smallest absolute Gasteiger partial charge is 0.212 e. The van der Waals surface area contributed by atoms with Crippen molar-refractivity contribution in [3.63, 3.8) is 0 Å². The molecule has 1 N–H and O–H groups in total. The van der Waals surface area contributed by atoms with E-state index in [0.29, 0.717) is 11.1 Å². The molecule has 0 aliphatic rings. The topological polar surface area (TPSA) is 70.0 Å². The highest BCUT2D eigenvalue weighted by Gasteiger charge is 2.13. The Hall–Kier alpha value is -1.64. The Bertz CT molecular complexity index is 527. The van der Waals surface area contributed by atoms with Crippen LogP contribution in [0.4, 0.5) is 0 Å². The van der Waals surface area contributed by atoms with Crippen LogP contribution in [0, 0.1) is 11.3 Å². The summed E-state index contributed by atoms with van der Waals surface area (Å²) in [5.74, 6) is -0.100. The number of nitriles is 1. The molecule has 1 aromatic rings. The summed E-state index contributed by atoms with van der Waals surface area (Å²) in [4.78, 5) is 0.